The summed E-state index contributed by atoms with van der Waals surface area (Å²) < 4.78 is 4.15. The monoisotopic (exact) mass is 444 g/mol. The summed E-state index contributed by atoms with van der Waals surface area (Å²) in [5.41, 5.74) is 5.98. The molecule has 0 aliphatic rings. The van der Waals surface area contributed by atoms with Gasteiger partial charge >= 0.3 is 0 Å². The van der Waals surface area contributed by atoms with Crippen molar-refractivity contribution in [2.24, 2.45) is 0 Å². The summed E-state index contributed by atoms with van der Waals surface area (Å²) in [5, 5.41) is 7.27. The number of rotatable bonds is 6. The van der Waals surface area contributed by atoms with Gasteiger partial charge in [0.1, 0.15) is 5.82 Å². The lowest BCUT2D eigenvalue weighted by molar-refractivity contribution is 0.0951. The van der Waals surface area contributed by atoms with Crippen molar-refractivity contribution in [2.45, 2.75) is 40.2 Å². The fraction of sp³-hybridized carbons (Fsp3) is 0.250. The van der Waals surface area contributed by atoms with Crippen LogP contribution in [0.15, 0.2) is 48.9 Å². The number of hydrogen-bond acceptors (Lipinski definition) is 7. The normalized spacial score (nSPS) is 11.0. The fourth-order valence-electron chi connectivity index (χ4n) is 3.25. The van der Waals surface area contributed by atoms with Crippen LogP contribution in [-0.4, -0.2) is 30.4 Å². The lowest BCUT2D eigenvalue weighted by Gasteiger charge is -2.11. The Morgan fingerprint density at radius 2 is 1.75 bits per heavy atom. The molecule has 0 saturated carbocycles. The molecule has 162 valence electrons. The quantitative estimate of drug-likeness (QED) is 0.462. The Hall–Kier alpha value is -3.52. The molecule has 3 heterocycles. The number of pyridine rings is 1. The highest BCUT2D eigenvalue weighted by Crippen LogP contribution is 2.34. The minimum Gasteiger partial charge on any atom is -0.348 e. The van der Waals surface area contributed by atoms with E-state index in [9.17, 15) is 4.79 Å². The minimum absolute atomic E-state index is 0.177. The number of benzene rings is 1. The molecular weight excluding hydrogens is 420 g/mol. The van der Waals surface area contributed by atoms with Gasteiger partial charge in [0.05, 0.1) is 16.3 Å². The summed E-state index contributed by atoms with van der Waals surface area (Å²) in [5.74, 6) is 0.746. The molecule has 1 amide bonds. The first-order valence-corrected chi connectivity index (χ1v) is 11.1. The van der Waals surface area contributed by atoms with Gasteiger partial charge in [0, 0.05) is 41.8 Å². The Kier molecular flexibility index (Phi) is 6.32. The summed E-state index contributed by atoms with van der Waals surface area (Å²) >= 11 is 1.34. The van der Waals surface area contributed by atoms with Crippen LogP contribution in [0.25, 0.3) is 21.7 Å². The molecule has 0 aliphatic heterocycles. The SMILES string of the molecule is Cc1ccc(-c2cc(C(=O)NCc3cnc(C)nc3)cc(-c3snnc3C(C)C)c2)nc1. The maximum absolute atomic E-state index is 13.1. The Labute approximate surface area is 191 Å². The highest BCUT2D eigenvalue weighted by Gasteiger charge is 2.17. The van der Waals surface area contributed by atoms with Crippen LogP contribution in [0, 0.1) is 13.8 Å². The van der Waals surface area contributed by atoms with Crippen LogP contribution in [0.1, 0.15) is 52.8 Å². The summed E-state index contributed by atoms with van der Waals surface area (Å²) in [7, 11) is 0. The highest BCUT2D eigenvalue weighted by molar-refractivity contribution is 7.09. The van der Waals surface area contributed by atoms with E-state index in [0.717, 1.165) is 38.5 Å². The second-order valence-corrected chi connectivity index (χ2v) is 8.74. The van der Waals surface area contributed by atoms with Crippen LogP contribution in [0.5, 0.6) is 0 Å². The van der Waals surface area contributed by atoms with Crippen molar-refractivity contribution in [1.82, 2.24) is 29.9 Å². The van der Waals surface area contributed by atoms with Crippen LogP contribution in [0.4, 0.5) is 0 Å². The van der Waals surface area contributed by atoms with Crippen LogP contribution < -0.4 is 5.32 Å². The van der Waals surface area contributed by atoms with Crippen LogP contribution in [0.3, 0.4) is 0 Å². The van der Waals surface area contributed by atoms with Crippen molar-refractivity contribution in [3.05, 3.63) is 77.1 Å². The molecule has 7 nitrogen and oxygen atoms in total. The van der Waals surface area contributed by atoms with E-state index in [1.54, 1.807) is 12.4 Å². The van der Waals surface area contributed by atoms with E-state index in [2.05, 4.69) is 43.7 Å². The zero-order chi connectivity index (χ0) is 22.7. The van der Waals surface area contributed by atoms with Crippen molar-refractivity contribution in [2.75, 3.05) is 0 Å². The molecule has 1 aromatic carbocycles. The van der Waals surface area contributed by atoms with Gasteiger partial charge in [-0.15, -0.1) is 5.10 Å². The average molecular weight is 445 g/mol. The van der Waals surface area contributed by atoms with E-state index in [1.165, 1.54) is 11.5 Å². The second kappa shape index (κ2) is 9.32. The summed E-state index contributed by atoms with van der Waals surface area (Å²) in [6.07, 6.45) is 5.27. The zero-order valence-corrected chi connectivity index (χ0v) is 19.3. The molecule has 0 spiro atoms. The molecule has 8 heteroatoms. The van der Waals surface area contributed by atoms with Gasteiger partial charge in [-0.05, 0) is 66.7 Å². The van der Waals surface area contributed by atoms with Gasteiger partial charge in [-0.25, -0.2) is 9.97 Å². The number of nitrogens with one attached hydrogen (secondary N) is 1. The molecular formula is C24H24N6OS. The van der Waals surface area contributed by atoms with Crippen molar-refractivity contribution < 1.29 is 4.79 Å². The van der Waals surface area contributed by atoms with Crippen LogP contribution in [0.2, 0.25) is 0 Å². The standard InChI is InChI=1S/C24H24N6OS/c1-14(2)22-23(32-30-29-22)19-7-18(21-6-5-15(3)10-27-21)8-20(9-19)24(31)28-13-17-11-25-16(4)26-12-17/h5-12,14H,13H2,1-4H3,(H,28,31). The van der Waals surface area contributed by atoms with Crippen LogP contribution in [-0.2, 0) is 6.54 Å². The largest absolute Gasteiger partial charge is 0.348 e. The van der Waals surface area contributed by atoms with Gasteiger partial charge in [-0.2, -0.15) is 0 Å². The van der Waals surface area contributed by atoms with Gasteiger partial charge in [0.2, 0.25) is 0 Å². The molecule has 0 radical (unpaired) electrons. The van der Waals surface area contributed by atoms with Crippen molar-refractivity contribution >= 4 is 17.4 Å². The highest BCUT2D eigenvalue weighted by atomic mass is 32.1. The lowest BCUT2D eigenvalue weighted by atomic mass is 9.98. The maximum atomic E-state index is 13.1. The number of nitrogens with zero attached hydrogens (tertiary/aromatic N) is 5. The lowest BCUT2D eigenvalue weighted by Crippen LogP contribution is -2.23. The number of carbonyl (C=O) groups excluding carboxylic acids is 1. The predicted molar refractivity (Wildman–Crippen MR) is 125 cm³/mol. The number of aromatic nitrogens is 5. The Morgan fingerprint density at radius 1 is 1.00 bits per heavy atom. The smallest absolute Gasteiger partial charge is 0.251 e. The second-order valence-electron chi connectivity index (χ2n) is 7.98. The van der Waals surface area contributed by atoms with Gasteiger partial charge < -0.3 is 5.32 Å². The van der Waals surface area contributed by atoms with E-state index in [-0.39, 0.29) is 11.8 Å². The minimum atomic E-state index is -0.177. The van der Waals surface area contributed by atoms with Crippen LogP contribution >= 0.6 is 11.5 Å². The van der Waals surface area contributed by atoms with Crippen molar-refractivity contribution in [3.63, 3.8) is 0 Å². The maximum Gasteiger partial charge on any atom is 0.251 e. The molecule has 32 heavy (non-hydrogen) atoms. The van der Waals surface area contributed by atoms with E-state index in [1.807, 2.05) is 50.4 Å². The van der Waals surface area contributed by atoms with E-state index in [4.69, 9.17) is 0 Å². The molecule has 3 aromatic heterocycles. The molecule has 0 bridgehead atoms. The first-order valence-electron chi connectivity index (χ1n) is 10.4. The molecule has 0 unspecified atom stereocenters. The number of amides is 1. The number of hydrogen-bond donors (Lipinski definition) is 1. The Bertz CT molecular complexity index is 1230. The van der Waals surface area contributed by atoms with Crippen molar-refractivity contribution in [1.29, 1.82) is 0 Å². The summed E-state index contributed by atoms with van der Waals surface area (Å²) in [4.78, 5) is 26.9. The molecule has 0 saturated heterocycles. The zero-order valence-electron chi connectivity index (χ0n) is 18.5. The van der Waals surface area contributed by atoms with Gasteiger partial charge in [0.25, 0.3) is 5.91 Å². The van der Waals surface area contributed by atoms with Gasteiger partial charge in [-0.1, -0.05) is 24.4 Å². The Morgan fingerprint density at radius 3 is 2.44 bits per heavy atom. The first kappa shape index (κ1) is 21.7. The van der Waals surface area contributed by atoms with Gasteiger partial charge in [0.15, 0.2) is 0 Å². The number of aryl methyl sites for hydroxylation is 2. The third kappa shape index (κ3) is 4.86. The summed E-state index contributed by atoms with van der Waals surface area (Å²) in [6, 6.07) is 9.78. The predicted octanol–water partition coefficient (Wildman–Crippen LogP) is 4.73. The van der Waals surface area contributed by atoms with E-state index in [0.29, 0.717) is 17.9 Å². The molecule has 0 atom stereocenters. The molecule has 0 aliphatic carbocycles. The average Bonchev–Trinajstić information content (AvgIpc) is 3.29. The molecule has 0 fully saturated rings. The molecule has 1 N–H and O–H groups in total. The summed E-state index contributed by atoms with van der Waals surface area (Å²) in [6.45, 7) is 8.35. The van der Waals surface area contributed by atoms with E-state index < -0.39 is 0 Å². The third-order valence-corrected chi connectivity index (χ3v) is 5.80. The van der Waals surface area contributed by atoms with Gasteiger partial charge in [-0.3, -0.25) is 9.78 Å². The molecule has 4 rings (SSSR count). The fourth-order valence-corrected chi connectivity index (χ4v) is 4.05. The van der Waals surface area contributed by atoms with Crippen molar-refractivity contribution in [3.8, 4) is 21.7 Å². The number of carbonyl (C=O) groups is 1. The first-order chi connectivity index (χ1) is 15.4. The molecule has 4 aromatic rings. The topological polar surface area (TPSA) is 93.6 Å². The third-order valence-electron chi connectivity index (χ3n) is 5.01. The Balaban J connectivity index is 1.71. The van der Waals surface area contributed by atoms with E-state index >= 15 is 0 Å².